The van der Waals surface area contributed by atoms with Crippen molar-refractivity contribution in [3.05, 3.63) is 23.3 Å². The predicted octanol–water partition coefficient (Wildman–Crippen LogP) is 2.42. The van der Waals surface area contributed by atoms with Crippen LogP contribution in [0.15, 0.2) is 23.3 Å². The molecule has 0 spiro atoms. The second-order valence-corrected chi connectivity index (χ2v) is 3.29. The van der Waals surface area contributed by atoms with Crippen LogP contribution < -0.4 is 5.73 Å². The molecule has 0 fully saturated rings. The molecule has 1 atom stereocenters. The summed E-state index contributed by atoms with van der Waals surface area (Å²) in [6, 6.07) is 3.88. The van der Waals surface area contributed by atoms with Gasteiger partial charge in [-0.2, -0.15) is 10.5 Å². The average molecular weight is 203 g/mol. The molecule has 0 aliphatic rings. The van der Waals surface area contributed by atoms with Crippen LogP contribution in [0.1, 0.15) is 33.1 Å². The molecule has 80 valence electrons. The molecule has 15 heavy (non-hydrogen) atoms. The van der Waals surface area contributed by atoms with Crippen molar-refractivity contribution in [2.24, 2.45) is 5.73 Å². The monoisotopic (exact) mass is 203 g/mol. The molecule has 1 unspecified atom stereocenters. The van der Waals surface area contributed by atoms with Crippen LogP contribution >= 0.6 is 0 Å². The molecular weight excluding hydrogens is 186 g/mol. The van der Waals surface area contributed by atoms with E-state index >= 15 is 0 Å². The maximum absolute atomic E-state index is 8.79. The van der Waals surface area contributed by atoms with Gasteiger partial charge in [0.05, 0.1) is 18.6 Å². The Kier molecular flexibility index (Phi) is 6.97. The SMILES string of the molecule is C/C=C(C#N)\C=C(/CCC)C(N)CC#N. The van der Waals surface area contributed by atoms with Crippen molar-refractivity contribution in [1.82, 2.24) is 0 Å². The Morgan fingerprint density at radius 2 is 2.13 bits per heavy atom. The highest BCUT2D eigenvalue weighted by Gasteiger charge is 2.08. The molecule has 2 N–H and O–H groups in total. The molecule has 3 heteroatoms. The topological polar surface area (TPSA) is 73.6 Å². The molecule has 3 nitrogen and oxygen atoms in total. The van der Waals surface area contributed by atoms with Crippen molar-refractivity contribution in [2.75, 3.05) is 0 Å². The lowest BCUT2D eigenvalue weighted by Crippen LogP contribution is -2.22. The van der Waals surface area contributed by atoms with E-state index in [1.807, 2.05) is 13.0 Å². The van der Waals surface area contributed by atoms with Gasteiger partial charge in [0.25, 0.3) is 0 Å². The van der Waals surface area contributed by atoms with Crippen molar-refractivity contribution in [3.8, 4) is 12.1 Å². The van der Waals surface area contributed by atoms with E-state index in [1.54, 1.807) is 12.2 Å². The summed E-state index contributed by atoms with van der Waals surface area (Å²) < 4.78 is 0. The lowest BCUT2D eigenvalue weighted by atomic mass is 9.98. The van der Waals surface area contributed by atoms with Crippen molar-refractivity contribution in [2.45, 2.75) is 39.2 Å². The van der Waals surface area contributed by atoms with Gasteiger partial charge < -0.3 is 5.73 Å². The first-order chi connectivity index (χ1) is 7.19. The van der Waals surface area contributed by atoms with E-state index in [4.69, 9.17) is 16.3 Å². The van der Waals surface area contributed by atoms with Gasteiger partial charge in [0.2, 0.25) is 0 Å². The molecule has 0 rings (SSSR count). The van der Waals surface area contributed by atoms with E-state index in [1.165, 1.54) is 0 Å². The second-order valence-electron chi connectivity index (χ2n) is 3.29. The van der Waals surface area contributed by atoms with Gasteiger partial charge in [-0.25, -0.2) is 0 Å². The molecule has 0 aliphatic heterocycles. The number of nitrogens with two attached hydrogens (primary N) is 1. The average Bonchev–Trinajstić information content (AvgIpc) is 2.24. The van der Waals surface area contributed by atoms with Crippen molar-refractivity contribution in [1.29, 1.82) is 10.5 Å². The first-order valence-corrected chi connectivity index (χ1v) is 5.09. The van der Waals surface area contributed by atoms with Crippen LogP contribution in [0.5, 0.6) is 0 Å². The van der Waals surface area contributed by atoms with Gasteiger partial charge in [-0.1, -0.05) is 25.0 Å². The van der Waals surface area contributed by atoms with Crippen LogP contribution in [0.25, 0.3) is 0 Å². The van der Waals surface area contributed by atoms with Crippen LogP contribution in [0, 0.1) is 22.7 Å². The molecule has 0 radical (unpaired) electrons. The van der Waals surface area contributed by atoms with Crippen LogP contribution in [-0.4, -0.2) is 6.04 Å². The van der Waals surface area contributed by atoms with Crippen LogP contribution in [0.3, 0.4) is 0 Å². The highest BCUT2D eigenvalue weighted by molar-refractivity contribution is 5.36. The Morgan fingerprint density at radius 3 is 2.53 bits per heavy atom. The Morgan fingerprint density at radius 1 is 1.47 bits per heavy atom. The van der Waals surface area contributed by atoms with Gasteiger partial charge >= 0.3 is 0 Å². The predicted molar refractivity (Wildman–Crippen MR) is 60.6 cm³/mol. The Balaban J connectivity index is 4.81. The zero-order chi connectivity index (χ0) is 11.7. The highest BCUT2D eigenvalue weighted by Crippen LogP contribution is 2.14. The highest BCUT2D eigenvalue weighted by atomic mass is 14.6. The summed E-state index contributed by atoms with van der Waals surface area (Å²) in [5.74, 6) is 0. The quantitative estimate of drug-likeness (QED) is 0.550. The third kappa shape index (κ3) is 5.00. The van der Waals surface area contributed by atoms with Gasteiger partial charge in [0.15, 0.2) is 0 Å². The molecule has 0 bridgehead atoms. The van der Waals surface area contributed by atoms with Crippen molar-refractivity contribution < 1.29 is 0 Å². The van der Waals surface area contributed by atoms with E-state index in [9.17, 15) is 0 Å². The van der Waals surface area contributed by atoms with E-state index in [-0.39, 0.29) is 6.04 Å². The maximum Gasteiger partial charge on any atom is 0.0988 e. The minimum absolute atomic E-state index is 0.252. The molecule has 0 amide bonds. The summed E-state index contributed by atoms with van der Waals surface area (Å²) >= 11 is 0. The minimum atomic E-state index is -0.252. The zero-order valence-corrected chi connectivity index (χ0v) is 9.33. The molecule has 0 saturated carbocycles. The third-order valence-corrected chi connectivity index (χ3v) is 2.11. The van der Waals surface area contributed by atoms with Gasteiger partial charge in [-0.15, -0.1) is 0 Å². The fraction of sp³-hybridized carbons (Fsp3) is 0.500. The summed E-state index contributed by atoms with van der Waals surface area (Å²) in [4.78, 5) is 0. The van der Waals surface area contributed by atoms with Gasteiger partial charge in [0, 0.05) is 11.6 Å². The van der Waals surface area contributed by atoms with Crippen LogP contribution in [0.2, 0.25) is 0 Å². The van der Waals surface area contributed by atoms with Crippen LogP contribution in [-0.2, 0) is 0 Å². The van der Waals surface area contributed by atoms with Crippen LogP contribution in [0.4, 0.5) is 0 Å². The summed E-state index contributed by atoms with van der Waals surface area (Å²) in [5.41, 5.74) is 7.43. The minimum Gasteiger partial charge on any atom is -0.323 e. The van der Waals surface area contributed by atoms with Gasteiger partial charge in [-0.3, -0.25) is 0 Å². The molecule has 0 aromatic heterocycles. The Labute approximate surface area is 91.5 Å². The lowest BCUT2D eigenvalue weighted by molar-refractivity contribution is 0.726. The summed E-state index contributed by atoms with van der Waals surface area (Å²) in [6.07, 6.45) is 5.64. The first-order valence-electron chi connectivity index (χ1n) is 5.09. The number of allylic oxidation sites excluding steroid dienone is 3. The molecule has 0 aromatic rings. The first kappa shape index (κ1) is 13.4. The number of nitriles is 2. The van der Waals surface area contributed by atoms with E-state index in [2.05, 4.69) is 13.0 Å². The van der Waals surface area contributed by atoms with Gasteiger partial charge in [-0.05, 0) is 19.4 Å². The molecule has 0 saturated heterocycles. The smallest absolute Gasteiger partial charge is 0.0988 e. The van der Waals surface area contributed by atoms with E-state index < -0.39 is 0 Å². The summed E-state index contributed by atoms with van der Waals surface area (Å²) in [5, 5.41) is 17.4. The fourth-order valence-electron chi connectivity index (χ4n) is 1.26. The summed E-state index contributed by atoms with van der Waals surface area (Å²) in [6.45, 7) is 3.86. The number of hydrogen-bond acceptors (Lipinski definition) is 3. The second kappa shape index (κ2) is 7.79. The fourth-order valence-corrected chi connectivity index (χ4v) is 1.26. The molecule has 0 aromatic carbocycles. The number of rotatable bonds is 5. The largest absolute Gasteiger partial charge is 0.323 e. The van der Waals surface area contributed by atoms with Crippen molar-refractivity contribution in [3.63, 3.8) is 0 Å². The number of nitrogens with zero attached hydrogens (tertiary/aromatic N) is 2. The number of hydrogen-bond donors (Lipinski definition) is 1. The molecular formula is C12H17N3. The van der Waals surface area contributed by atoms with E-state index in [0.717, 1.165) is 18.4 Å². The van der Waals surface area contributed by atoms with Gasteiger partial charge in [0.1, 0.15) is 0 Å². The standard InChI is InChI=1S/C12H17N3/c1-3-5-11(12(15)6-7-13)8-10(4-2)9-14/h4,8,12H,3,5-6,15H2,1-2H3/b10-4+,11-8+. The molecule has 0 aliphatic carbocycles. The Hall–Kier alpha value is -1.58. The van der Waals surface area contributed by atoms with E-state index in [0.29, 0.717) is 12.0 Å². The maximum atomic E-state index is 8.79. The normalized spacial score (nSPS) is 14.2. The Bertz CT molecular complexity index is 326. The zero-order valence-electron chi connectivity index (χ0n) is 9.33. The lowest BCUT2D eigenvalue weighted by Gasteiger charge is -2.11. The third-order valence-electron chi connectivity index (χ3n) is 2.11. The summed E-state index contributed by atoms with van der Waals surface area (Å²) in [7, 11) is 0. The molecule has 0 heterocycles. The van der Waals surface area contributed by atoms with Crippen molar-refractivity contribution >= 4 is 0 Å².